The highest BCUT2D eigenvalue weighted by molar-refractivity contribution is 5.47. The second kappa shape index (κ2) is 4.14. The Kier molecular flexibility index (Phi) is 3.14. The van der Waals surface area contributed by atoms with Gasteiger partial charge in [-0.1, -0.05) is 6.07 Å². The molecule has 0 atom stereocenters. The highest BCUT2D eigenvalue weighted by atomic mass is 16.5. The molecule has 1 aromatic rings. The van der Waals surface area contributed by atoms with Gasteiger partial charge in [-0.2, -0.15) is 0 Å². The summed E-state index contributed by atoms with van der Waals surface area (Å²) in [6.07, 6.45) is 0.554. The van der Waals surface area contributed by atoms with Crippen molar-refractivity contribution in [3.63, 3.8) is 0 Å². The molecule has 13 heavy (non-hydrogen) atoms. The SMILES string of the molecule is COc1c(C)cc(CCO)cc1O. The van der Waals surface area contributed by atoms with Crippen LogP contribution in [-0.2, 0) is 6.42 Å². The van der Waals surface area contributed by atoms with Crippen LogP contribution >= 0.6 is 0 Å². The Labute approximate surface area is 77.6 Å². The third-order valence-corrected chi connectivity index (χ3v) is 1.92. The molecule has 0 spiro atoms. The van der Waals surface area contributed by atoms with Gasteiger partial charge in [-0.15, -0.1) is 0 Å². The topological polar surface area (TPSA) is 49.7 Å². The predicted octanol–water partition coefficient (Wildman–Crippen LogP) is 1.24. The first-order chi connectivity index (χ1) is 6.19. The molecule has 1 aromatic carbocycles. The van der Waals surface area contributed by atoms with Gasteiger partial charge in [0.2, 0.25) is 0 Å². The summed E-state index contributed by atoms with van der Waals surface area (Å²) < 4.78 is 5.00. The summed E-state index contributed by atoms with van der Waals surface area (Å²) in [5.41, 5.74) is 1.80. The molecular formula is C10H14O3. The summed E-state index contributed by atoms with van der Waals surface area (Å²) in [5.74, 6) is 0.632. The summed E-state index contributed by atoms with van der Waals surface area (Å²) >= 11 is 0. The molecule has 3 heteroatoms. The van der Waals surface area contributed by atoms with Crippen LogP contribution in [0.25, 0.3) is 0 Å². The molecule has 0 amide bonds. The first-order valence-corrected chi connectivity index (χ1v) is 4.16. The lowest BCUT2D eigenvalue weighted by atomic mass is 10.1. The summed E-state index contributed by atoms with van der Waals surface area (Å²) in [4.78, 5) is 0. The lowest BCUT2D eigenvalue weighted by Crippen LogP contribution is -1.94. The van der Waals surface area contributed by atoms with E-state index >= 15 is 0 Å². The molecule has 72 valence electrons. The van der Waals surface area contributed by atoms with Gasteiger partial charge in [-0.05, 0) is 30.5 Å². The minimum atomic E-state index is 0.0885. The number of methoxy groups -OCH3 is 1. The zero-order valence-corrected chi connectivity index (χ0v) is 7.87. The standard InChI is InChI=1S/C10H14O3/c1-7-5-8(3-4-11)6-9(12)10(7)13-2/h5-6,11-12H,3-4H2,1-2H3. The van der Waals surface area contributed by atoms with Crippen molar-refractivity contribution in [1.29, 1.82) is 0 Å². The van der Waals surface area contributed by atoms with Gasteiger partial charge >= 0.3 is 0 Å². The fourth-order valence-electron chi connectivity index (χ4n) is 1.37. The van der Waals surface area contributed by atoms with Gasteiger partial charge in [-0.25, -0.2) is 0 Å². The molecule has 2 N–H and O–H groups in total. The minimum Gasteiger partial charge on any atom is -0.504 e. The molecule has 0 saturated heterocycles. The molecule has 1 rings (SSSR count). The number of benzene rings is 1. The van der Waals surface area contributed by atoms with Crippen LogP contribution in [0, 0.1) is 6.92 Å². The molecule has 3 nitrogen and oxygen atoms in total. The predicted molar refractivity (Wildman–Crippen MR) is 50.2 cm³/mol. The Bertz CT molecular complexity index is 271. The second-order valence-corrected chi connectivity index (χ2v) is 2.94. The molecule has 0 radical (unpaired) electrons. The van der Waals surface area contributed by atoms with Crippen molar-refractivity contribution in [2.75, 3.05) is 13.7 Å². The van der Waals surface area contributed by atoms with Crippen molar-refractivity contribution >= 4 is 0 Å². The van der Waals surface area contributed by atoms with Crippen molar-refractivity contribution in [3.05, 3.63) is 23.3 Å². The Morgan fingerprint density at radius 1 is 1.38 bits per heavy atom. The zero-order chi connectivity index (χ0) is 9.84. The van der Waals surface area contributed by atoms with Gasteiger partial charge in [0.25, 0.3) is 0 Å². The Hall–Kier alpha value is -1.22. The number of hydrogen-bond donors (Lipinski definition) is 2. The van der Waals surface area contributed by atoms with Gasteiger partial charge in [-0.3, -0.25) is 0 Å². The minimum absolute atomic E-state index is 0.0885. The zero-order valence-electron chi connectivity index (χ0n) is 7.87. The number of ether oxygens (including phenoxy) is 1. The van der Waals surface area contributed by atoms with E-state index < -0.39 is 0 Å². The lowest BCUT2D eigenvalue weighted by Gasteiger charge is -2.09. The number of aromatic hydroxyl groups is 1. The number of aliphatic hydroxyl groups excluding tert-OH is 1. The Morgan fingerprint density at radius 2 is 2.08 bits per heavy atom. The van der Waals surface area contributed by atoms with E-state index in [1.165, 1.54) is 7.11 Å². The first-order valence-electron chi connectivity index (χ1n) is 4.16. The lowest BCUT2D eigenvalue weighted by molar-refractivity contribution is 0.299. The van der Waals surface area contributed by atoms with Crippen molar-refractivity contribution in [1.82, 2.24) is 0 Å². The average molecular weight is 182 g/mol. The maximum Gasteiger partial charge on any atom is 0.163 e. The van der Waals surface area contributed by atoms with E-state index in [1.807, 2.05) is 13.0 Å². The Balaban J connectivity index is 3.05. The average Bonchev–Trinajstić information content (AvgIpc) is 2.04. The smallest absolute Gasteiger partial charge is 0.163 e. The number of phenolic OH excluding ortho intramolecular Hbond substituents is 1. The van der Waals surface area contributed by atoms with E-state index in [2.05, 4.69) is 0 Å². The normalized spacial score (nSPS) is 10.1. The number of rotatable bonds is 3. The van der Waals surface area contributed by atoms with Crippen LogP contribution < -0.4 is 4.74 Å². The molecule has 0 aliphatic carbocycles. The third kappa shape index (κ3) is 2.12. The van der Waals surface area contributed by atoms with Gasteiger partial charge in [0.05, 0.1) is 7.11 Å². The van der Waals surface area contributed by atoms with Gasteiger partial charge in [0, 0.05) is 6.61 Å². The number of hydrogen-bond acceptors (Lipinski definition) is 3. The van der Waals surface area contributed by atoms with Crippen LogP contribution in [0.5, 0.6) is 11.5 Å². The molecule has 0 unspecified atom stereocenters. The van der Waals surface area contributed by atoms with Crippen LogP contribution in [0.1, 0.15) is 11.1 Å². The third-order valence-electron chi connectivity index (χ3n) is 1.92. The van der Waals surface area contributed by atoms with E-state index in [0.717, 1.165) is 11.1 Å². The number of aliphatic hydroxyl groups is 1. The maximum absolute atomic E-state index is 9.49. The highest BCUT2D eigenvalue weighted by Crippen LogP contribution is 2.30. The van der Waals surface area contributed by atoms with E-state index in [0.29, 0.717) is 12.2 Å². The molecular weight excluding hydrogens is 168 g/mol. The van der Waals surface area contributed by atoms with E-state index in [4.69, 9.17) is 9.84 Å². The fraction of sp³-hybridized carbons (Fsp3) is 0.400. The van der Waals surface area contributed by atoms with Gasteiger partial charge < -0.3 is 14.9 Å². The molecule has 0 bridgehead atoms. The summed E-state index contributed by atoms with van der Waals surface area (Å²) in [6.45, 7) is 1.95. The van der Waals surface area contributed by atoms with Gasteiger partial charge in [0.1, 0.15) is 0 Å². The second-order valence-electron chi connectivity index (χ2n) is 2.94. The largest absolute Gasteiger partial charge is 0.504 e. The molecule has 0 aliphatic rings. The van der Waals surface area contributed by atoms with Crippen molar-refractivity contribution in [3.8, 4) is 11.5 Å². The van der Waals surface area contributed by atoms with Crippen molar-refractivity contribution < 1.29 is 14.9 Å². The molecule has 0 saturated carbocycles. The highest BCUT2D eigenvalue weighted by Gasteiger charge is 2.06. The molecule has 0 fully saturated rings. The molecule has 0 aromatic heterocycles. The van der Waals surface area contributed by atoms with Gasteiger partial charge in [0.15, 0.2) is 11.5 Å². The summed E-state index contributed by atoms with van der Waals surface area (Å²) in [5, 5.41) is 18.2. The summed E-state index contributed by atoms with van der Waals surface area (Å²) in [6, 6.07) is 3.51. The van der Waals surface area contributed by atoms with Crippen LogP contribution in [0.15, 0.2) is 12.1 Å². The monoisotopic (exact) mass is 182 g/mol. The summed E-state index contributed by atoms with van der Waals surface area (Å²) in [7, 11) is 1.52. The van der Waals surface area contributed by atoms with Crippen LogP contribution in [0.2, 0.25) is 0 Å². The molecule has 0 heterocycles. The maximum atomic E-state index is 9.49. The van der Waals surface area contributed by atoms with E-state index in [-0.39, 0.29) is 12.4 Å². The van der Waals surface area contributed by atoms with Crippen LogP contribution in [0.4, 0.5) is 0 Å². The van der Waals surface area contributed by atoms with Crippen molar-refractivity contribution in [2.24, 2.45) is 0 Å². The number of aryl methyl sites for hydroxylation is 1. The fourth-order valence-corrected chi connectivity index (χ4v) is 1.37. The van der Waals surface area contributed by atoms with Crippen molar-refractivity contribution in [2.45, 2.75) is 13.3 Å². The van der Waals surface area contributed by atoms with Crippen LogP contribution in [-0.4, -0.2) is 23.9 Å². The van der Waals surface area contributed by atoms with E-state index in [9.17, 15) is 5.11 Å². The Morgan fingerprint density at radius 3 is 2.54 bits per heavy atom. The molecule has 0 aliphatic heterocycles. The first kappa shape index (κ1) is 9.86. The number of phenols is 1. The van der Waals surface area contributed by atoms with E-state index in [1.54, 1.807) is 6.07 Å². The van der Waals surface area contributed by atoms with Crippen LogP contribution in [0.3, 0.4) is 0 Å². The quantitative estimate of drug-likeness (QED) is 0.739.